The molecule has 0 N–H and O–H groups in total. The number of esters is 1. The number of benzene rings is 1. The van der Waals surface area contributed by atoms with E-state index in [4.69, 9.17) is 4.74 Å². The first-order chi connectivity index (χ1) is 17.0. The lowest BCUT2D eigenvalue weighted by molar-refractivity contribution is -0.148. The molecular weight excluding hydrogens is 504 g/mol. The molecule has 0 fully saturated rings. The van der Waals surface area contributed by atoms with Gasteiger partial charge in [0.25, 0.3) is 0 Å². The van der Waals surface area contributed by atoms with Gasteiger partial charge in [-0.15, -0.1) is 5.10 Å². The van der Waals surface area contributed by atoms with Gasteiger partial charge in [-0.3, -0.25) is 4.79 Å². The molecule has 0 radical (unpaired) electrons. The van der Waals surface area contributed by atoms with E-state index in [-0.39, 0.29) is 18.1 Å². The van der Waals surface area contributed by atoms with Gasteiger partial charge in [0.1, 0.15) is 11.9 Å². The second kappa shape index (κ2) is 17.6. The predicted molar refractivity (Wildman–Crippen MR) is 146 cm³/mol. The third-order valence-corrected chi connectivity index (χ3v) is 7.75. The van der Waals surface area contributed by atoms with Crippen molar-refractivity contribution in [1.29, 1.82) is 0 Å². The van der Waals surface area contributed by atoms with Crippen LogP contribution in [0.4, 0.5) is 0 Å². The van der Waals surface area contributed by atoms with Crippen LogP contribution in [-0.4, -0.2) is 31.0 Å². The van der Waals surface area contributed by atoms with Gasteiger partial charge < -0.3 is 4.74 Å². The van der Waals surface area contributed by atoms with Crippen LogP contribution < -0.4 is 0 Å². The quantitative estimate of drug-likeness (QED) is 0.101. The standard InChI is InChI=1S/C28H45BrN4O2/c1-4-5-6-7-9-15-20-26(29)27(33-24(3)30-31-32-33)21-16-10-8-11-17-22-28(34)35-23(2)25-18-13-12-14-19-25/h12-14,18-19,23,26-27H,4-11,15-17,20-22H2,1-3H3. The Hall–Kier alpha value is -1.76. The Balaban J connectivity index is 1.63. The maximum Gasteiger partial charge on any atom is 0.306 e. The number of nitrogens with zero attached hydrogens (tertiary/aromatic N) is 4. The van der Waals surface area contributed by atoms with Crippen LogP contribution in [-0.2, 0) is 9.53 Å². The summed E-state index contributed by atoms with van der Waals surface area (Å²) in [5.74, 6) is 0.776. The van der Waals surface area contributed by atoms with Crippen LogP contribution in [0.15, 0.2) is 30.3 Å². The zero-order chi connectivity index (χ0) is 25.3. The molecule has 0 spiro atoms. The molecule has 0 saturated carbocycles. The van der Waals surface area contributed by atoms with Gasteiger partial charge in [0.05, 0.1) is 6.04 Å². The van der Waals surface area contributed by atoms with Crippen LogP contribution in [0.25, 0.3) is 0 Å². The first-order valence-electron chi connectivity index (χ1n) is 13.7. The monoisotopic (exact) mass is 548 g/mol. The van der Waals surface area contributed by atoms with E-state index in [0.29, 0.717) is 11.2 Å². The van der Waals surface area contributed by atoms with E-state index in [9.17, 15) is 4.79 Å². The van der Waals surface area contributed by atoms with Gasteiger partial charge in [-0.25, -0.2) is 4.68 Å². The summed E-state index contributed by atoms with van der Waals surface area (Å²) in [6.07, 6.45) is 15.7. The second-order valence-corrected chi connectivity index (χ2v) is 10.8. The first-order valence-corrected chi connectivity index (χ1v) is 14.6. The normalized spacial score (nSPS) is 13.9. The molecular formula is C28H45BrN4O2. The number of aryl methyl sites for hydroxylation is 1. The highest BCUT2D eigenvalue weighted by Gasteiger charge is 2.23. The summed E-state index contributed by atoms with van der Waals surface area (Å²) in [6, 6.07) is 10.2. The van der Waals surface area contributed by atoms with E-state index in [1.54, 1.807) is 0 Å². The molecule has 3 unspecified atom stereocenters. The van der Waals surface area contributed by atoms with Crippen molar-refractivity contribution in [2.24, 2.45) is 0 Å². The molecule has 0 aliphatic carbocycles. The zero-order valence-corrected chi connectivity index (χ0v) is 23.6. The van der Waals surface area contributed by atoms with Crippen LogP contribution in [0.3, 0.4) is 0 Å². The van der Waals surface area contributed by atoms with Crippen molar-refractivity contribution >= 4 is 21.9 Å². The third-order valence-electron chi connectivity index (χ3n) is 6.68. The Morgan fingerprint density at radius 1 is 0.943 bits per heavy atom. The molecule has 0 bridgehead atoms. The minimum absolute atomic E-state index is 0.104. The van der Waals surface area contributed by atoms with E-state index in [0.717, 1.165) is 56.3 Å². The second-order valence-electron chi connectivity index (χ2n) is 9.66. The maximum atomic E-state index is 12.2. The van der Waals surface area contributed by atoms with Gasteiger partial charge in [-0.1, -0.05) is 117 Å². The lowest BCUT2D eigenvalue weighted by Gasteiger charge is -2.23. The number of unbranched alkanes of at least 4 members (excludes halogenated alkanes) is 9. The molecule has 2 aromatic rings. The summed E-state index contributed by atoms with van der Waals surface area (Å²) in [4.78, 5) is 12.5. The van der Waals surface area contributed by atoms with Crippen LogP contribution in [0, 0.1) is 6.92 Å². The lowest BCUT2D eigenvalue weighted by Crippen LogP contribution is -2.22. The van der Waals surface area contributed by atoms with Gasteiger partial charge in [0.2, 0.25) is 0 Å². The topological polar surface area (TPSA) is 69.9 Å². The van der Waals surface area contributed by atoms with Crippen molar-refractivity contribution in [2.75, 3.05) is 0 Å². The number of ether oxygens (including phenoxy) is 1. The number of carbonyl (C=O) groups is 1. The molecule has 3 atom stereocenters. The minimum atomic E-state index is -0.191. The summed E-state index contributed by atoms with van der Waals surface area (Å²) in [7, 11) is 0. The van der Waals surface area contributed by atoms with Crippen molar-refractivity contribution in [3.63, 3.8) is 0 Å². The van der Waals surface area contributed by atoms with Crippen LogP contribution in [0.1, 0.15) is 127 Å². The highest BCUT2D eigenvalue weighted by Crippen LogP contribution is 2.29. The van der Waals surface area contributed by atoms with Gasteiger partial charge in [0.15, 0.2) is 0 Å². The van der Waals surface area contributed by atoms with Gasteiger partial charge >= 0.3 is 5.97 Å². The minimum Gasteiger partial charge on any atom is -0.458 e. The van der Waals surface area contributed by atoms with E-state index < -0.39 is 0 Å². The van der Waals surface area contributed by atoms with Crippen molar-refractivity contribution < 1.29 is 9.53 Å². The number of aromatic nitrogens is 4. The smallest absolute Gasteiger partial charge is 0.306 e. The molecule has 35 heavy (non-hydrogen) atoms. The van der Waals surface area contributed by atoms with Gasteiger partial charge in [-0.2, -0.15) is 0 Å². The molecule has 6 nitrogen and oxygen atoms in total. The Kier molecular flexibility index (Phi) is 14.8. The number of tetrazole rings is 1. The van der Waals surface area contributed by atoms with E-state index in [2.05, 4.69) is 38.4 Å². The number of hydrogen-bond acceptors (Lipinski definition) is 5. The average molecular weight is 550 g/mol. The molecule has 1 aromatic carbocycles. The number of rotatable bonds is 19. The SMILES string of the molecule is CCCCCCCCC(Br)C(CCCCCCCC(=O)OC(C)c1ccccc1)n1nnnc1C. The summed E-state index contributed by atoms with van der Waals surface area (Å²) in [6.45, 7) is 6.17. The van der Waals surface area contributed by atoms with E-state index in [1.807, 2.05) is 48.9 Å². The molecule has 0 aliphatic rings. The molecule has 0 aliphatic heterocycles. The van der Waals surface area contributed by atoms with Crippen molar-refractivity contribution in [3.8, 4) is 0 Å². The maximum absolute atomic E-state index is 12.2. The third kappa shape index (κ3) is 11.7. The molecule has 1 aromatic heterocycles. The Morgan fingerprint density at radius 2 is 1.57 bits per heavy atom. The largest absolute Gasteiger partial charge is 0.458 e. The van der Waals surface area contributed by atoms with Crippen LogP contribution in [0.5, 0.6) is 0 Å². The predicted octanol–water partition coefficient (Wildman–Crippen LogP) is 8.07. The molecule has 7 heteroatoms. The number of halogens is 1. The lowest BCUT2D eigenvalue weighted by atomic mass is 9.99. The first kappa shape index (κ1) is 29.5. The van der Waals surface area contributed by atoms with Crippen molar-refractivity contribution in [1.82, 2.24) is 20.2 Å². The van der Waals surface area contributed by atoms with E-state index in [1.165, 1.54) is 38.5 Å². The van der Waals surface area contributed by atoms with Crippen molar-refractivity contribution in [3.05, 3.63) is 41.7 Å². The van der Waals surface area contributed by atoms with Gasteiger partial charge in [-0.05, 0) is 49.1 Å². The number of alkyl halides is 1. The average Bonchev–Trinajstić information content (AvgIpc) is 3.28. The Morgan fingerprint density at radius 3 is 2.23 bits per heavy atom. The molecule has 1 heterocycles. The Labute approximate surface area is 220 Å². The number of carbonyl (C=O) groups excluding carboxylic acids is 1. The molecule has 196 valence electrons. The summed E-state index contributed by atoms with van der Waals surface area (Å²) in [5, 5.41) is 12.3. The highest BCUT2D eigenvalue weighted by molar-refractivity contribution is 9.09. The Bertz CT molecular complexity index is 814. The fourth-order valence-corrected chi connectivity index (χ4v) is 5.33. The van der Waals surface area contributed by atoms with Crippen LogP contribution in [0.2, 0.25) is 0 Å². The van der Waals surface area contributed by atoms with Crippen LogP contribution >= 0.6 is 15.9 Å². The fourth-order valence-electron chi connectivity index (χ4n) is 4.51. The zero-order valence-electron chi connectivity index (χ0n) is 22.0. The fraction of sp³-hybridized carbons (Fsp3) is 0.714. The van der Waals surface area contributed by atoms with E-state index >= 15 is 0 Å². The molecule has 2 rings (SSSR count). The summed E-state index contributed by atoms with van der Waals surface area (Å²) in [5.41, 5.74) is 1.04. The number of hydrogen-bond donors (Lipinski definition) is 0. The van der Waals surface area contributed by atoms with Crippen molar-refractivity contribution in [2.45, 2.75) is 128 Å². The van der Waals surface area contributed by atoms with Gasteiger partial charge in [0, 0.05) is 11.2 Å². The molecule has 0 saturated heterocycles. The molecule has 0 amide bonds. The summed E-state index contributed by atoms with van der Waals surface area (Å²) < 4.78 is 7.57. The highest BCUT2D eigenvalue weighted by atomic mass is 79.9. The summed E-state index contributed by atoms with van der Waals surface area (Å²) >= 11 is 3.96.